The zero-order valence-corrected chi connectivity index (χ0v) is 28.9. The molecule has 7 aromatic rings. The second-order valence-electron chi connectivity index (χ2n) is 13.1. The third-order valence-corrected chi connectivity index (χ3v) is 16.1. The summed E-state index contributed by atoms with van der Waals surface area (Å²) in [5, 5.41) is 7.51. The first-order valence-corrected chi connectivity index (χ1v) is 19.5. The van der Waals surface area contributed by atoms with Gasteiger partial charge in [0.1, 0.15) is 23.0 Å². The number of rotatable bonds is 2. The summed E-state index contributed by atoms with van der Waals surface area (Å²) >= 11 is 0. The first-order valence-electron chi connectivity index (χ1n) is 16.1. The summed E-state index contributed by atoms with van der Waals surface area (Å²) in [6.45, 7) is 8.08. The summed E-state index contributed by atoms with van der Waals surface area (Å²) in [6.07, 6.45) is 0. The number of benzene rings is 7. The van der Waals surface area contributed by atoms with Crippen molar-refractivity contribution in [3.8, 4) is 23.0 Å². The number of aryl methyl sites for hydroxylation is 4. The lowest BCUT2D eigenvalue weighted by Gasteiger charge is -2.34. The average molecular weight is 663 g/mol. The van der Waals surface area contributed by atoms with Crippen LogP contribution < -0.4 is 41.3 Å². The van der Waals surface area contributed by atoms with Crippen LogP contribution in [0.3, 0.4) is 0 Å². The highest BCUT2D eigenvalue weighted by atomic mass is 31.2. The van der Waals surface area contributed by atoms with Crippen LogP contribution in [0.1, 0.15) is 22.3 Å². The molecule has 6 heteroatoms. The molecule has 0 aromatic heterocycles. The summed E-state index contributed by atoms with van der Waals surface area (Å²) in [5.41, 5.74) is 4.02. The van der Waals surface area contributed by atoms with Gasteiger partial charge in [-0.05, 0) is 97.8 Å². The molecule has 0 aliphatic carbocycles. The zero-order chi connectivity index (χ0) is 32.9. The van der Waals surface area contributed by atoms with E-state index in [2.05, 4.69) is 0 Å². The highest BCUT2D eigenvalue weighted by Gasteiger charge is 2.45. The fourth-order valence-corrected chi connectivity index (χ4v) is 14.5. The molecular weight excluding hydrogens is 630 g/mol. The van der Waals surface area contributed by atoms with Crippen molar-refractivity contribution in [2.24, 2.45) is 0 Å². The van der Waals surface area contributed by atoms with Gasteiger partial charge in [0.2, 0.25) is 0 Å². The van der Waals surface area contributed by atoms with Gasteiger partial charge in [-0.25, -0.2) is 0 Å². The van der Waals surface area contributed by atoms with Crippen molar-refractivity contribution in [3.05, 3.63) is 144 Å². The Labute approximate surface area is 279 Å². The normalized spacial score (nSPS) is 15.1. The topological polar surface area (TPSA) is 52.6 Å². The summed E-state index contributed by atoms with van der Waals surface area (Å²) in [7, 11) is -7.12. The number of hydrogen-bond donors (Lipinski definition) is 0. The predicted molar refractivity (Wildman–Crippen MR) is 199 cm³/mol. The molecule has 0 unspecified atom stereocenters. The van der Waals surface area contributed by atoms with E-state index in [0.29, 0.717) is 44.2 Å². The second kappa shape index (κ2) is 10.3. The molecule has 0 spiro atoms. The molecule has 4 nitrogen and oxygen atoms in total. The maximum Gasteiger partial charge on any atom is 0.179 e. The molecule has 0 N–H and O–H groups in total. The number of hydrogen-bond acceptors (Lipinski definition) is 4. The summed E-state index contributed by atoms with van der Waals surface area (Å²) in [5.74, 6) is 2.40. The van der Waals surface area contributed by atoms with E-state index in [4.69, 9.17) is 9.47 Å². The van der Waals surface area contributed by atoms with Gasteiger partial charge in [0.15, 0.2) is 14.3 Å². The monoisotopic (exact) mass is 662 g/mol. The smallest absolute Gasteiger partial charge is 0.179 e. The van der Waals surface area contributed by atoms with E-state index >= 15 is 9.13 Å². The average Bonchev–Trinajstić information content (AvgIpc) is 3.08. The fraction of sp³-hybridized carbons (Fsp3) is 0.0952. The molecule has 48 heavy (non-hydrogen) atoms. The third-order valence-electron chi connectivity index (χ3n) is 9.76. The van der Waals surface area contributed by atoms with Gasteiger partial charge in [-0.1, -0.05) is 95.1 Å². The lowest BCUT2D eigenvalue weighted by molar-refractivity contribution is 0.484. The molecule has 2 aliphatic heterocycles. The predicted octanol–water partition coefficient (Wildman–Crippen LogP) is 8.72. The van der Waals surface area contributed by atoms with Crippen molar-refractivity contribution in [2.75, 3.05) is 0 Å². The Morgan fingerprint density at radius 1 is 0.375 bits per heavy atom. The Morgan fingerprint density at radius 3 is 0.875 bits per heavy atom. The van der Waals surface area contributed by atoms with E-state index < -0.39 is 14.3 Å². The van der Waals surface area contributed by atoms with Gasteiger partial charge in [0.05, 0.1) is 21.2 Å². The Kier molecular flexibility index (Phi) is 6.29. The van der Waals surface area contributed by atoms with Gasteiger partial charge < -0.3 is 18.6 Å². The third kappa shape index (κ3) is 3.97. The maximum atomic E-state index is 16.5. The molecule has 7 aromatic carbocycles. The second-order valence-corrected chi connectivity index (χ2v) is 18.4. The van der Waals surface area contributed by atoms with E-state index in [0.717, 1.165) is 54.4 Å². The molecular formula is C42H32O4P2. The van der Waals surface area contributed by atoms with Crippen LogP contribution in [0.2, 0.25) is 0 Å². The summed E-state index contributed by atoms with van der Waals surface area (Å²) in [6, 6.07) is 39.9. The first kappa shape index (κ1) is 29.3. The van der Waals surface area contributed by atoms with Crippen molar-refractivity contribution in [1.29, 1.82) is 0 Å². The van der Waals surface area contributed by atoms with Crippen molar-refractivity contribution in [2.45, 2.75) is 27.7 Å². The van der Waals surface area contributed by atoms with Crippen molar-refractivity contribution in [3.63, 3.8) is 0 Å². The minimum absolute atomic E-state index is 0.601. The molecule has 0 saturated heterocycles. The van der Waals surface area contributed by atoms with Gasteiger partial charge in [-0.2, -0.15) is 0 Å². The Morgan fingerprint density at radius 2 is 0.625 bits per heavy atom. The van der Waals surface area contributed by atoms with Crippen LogP contribution in [0.15, 0.2) is 121 Å². The van der Waals surface area contributed by atoms with E-state index in [1.165, 1.54) is 0 Å². The molecule has 2 heterocycles. The molecule has 2 aliphatic rings. The van der Waals surface area contributed by atoms with Crippen molar-refractivity contribution < 1.29 is 18.6 Å². The zero-order valence-electron chi connectivity index (χ0n) is 27.1. The standard InChI is InChI=1S/C42H32O4P2/c1-25-13-17-33-37(21-25)47(43,38-22-26(2)14-18-34(38)45-33)41-29-9-5-7-11-31(29)42(32-12-8-6-10-30(32)41)48(44)39-23-27(3)15-19-35(39)46-36-20-16-28(4)24-40(36)48/h5-24H,1-4H3. The van der Waals surface area contributed by atoms with E-state index in [-0.39, 0.29) is 0 Å². The lowest BCUT2D eigenvalue weighted by atomic mass is 10.0. The maximum absolute atomic E-state index is 16.5. The summed E-state index contributed by atoms with van der Waals surface area (Å²) in [4.78, 5) is 0. The van der Waals surface area contributed by atoms with Crippen LogP contribution in [0, 0.1) is 27.7 Å². The largest absolute Gasteiger partial charge is 0.456 e. The van der Waals surface area contributed by atoms with Gasteiger partial charge >= 0.3 is 0 Å². The van der Waals surface area contributed by atoms with Crippen LogP contribution in [-0.2, 0) is 9.13 Å². The lowest BCUT2D eigenvalue weighted by Crippen LogP contribution is -2.35. The molecule has 0 amide bonds. The molecule has 0 atom stereocenters. The molecule has 234 valence electrons. The van der Waals surface area contributed by atoms with Crippen LogP contribution in [-0.4, -0.2) is 0 Å². The number of fused-ring (bicyclic) bond motifs is 6. The van der Waals surface area contributed by atoms with Gasteiger partial charge in [0.25, 0.3) is 0 Å². The molecule has 0 saturated carbocycles. The highest BCUT2D eigenvalue weighted by Crippen LogP contribution is 2.58. The van der Waals surface area contributed by atoms with Crippen LogP contribution >= 0.6 is 14.3 Å². The van der Waals surface area contributed by atoms with Crippen LogP contribution in [0.4, 0.5) is 0 Å². The fourth-order valence-electron chi connectivity index (χ4n) is 7.58. The van der Waals surface area contributed by atoms with E-state index in [9.17, 15) is 0 Å². The minimum atomic E-state index is -3.56. The Balaban J connectivity index is 1.49. The molecule has 9 rings (SSSR count). The minimum Gasteiger partial charge on any atom is -0.456 e. The summed E-state index contributed by atoms with van der Waals surface area (Å²) < 4.78 is 45.9. The van der Waals surface area contributed by atoms with Gasteiger partial charge in [-0.15, -0.1) is 0 Å². The van der Waals surface area contributed by atoms with E-state index in [1.807, 2.05) is 149 Å². The Hall–Kier alpha value is -4.88. The quantitative estimate of drug-likeness (QED) is 0.137. The van der Waals surface area contributed by atoms with Gasteiger partial charge in [0, 0.05) is 10.6 Å². The van der Waals surface area contributed by atoms with E-state index in [1.54, 1.807) is 0 Å². The molecule has 0 fully saturated rings. The van der Waals surface area contributed by atoms with Crippen LogP contribution in [0.25, 0.3) is 21.5 Å². The highest BCUT2D eigenvalue weighted by molar-refractivity contribution is 7.87. The van der Waals surface area contributed by atoms with Crippen LogP contribution in [0.5, 0.6) is 23.0 Å². The van der Waals surface area contributed by atoms with Gasteiger partial charge in [-0.3, -0.25) is 0 Å². The Bertz CT molecular complexity index is 2290. The number of ether oxygens (including phenoxy) is 2. The first-order chi connectivity index (χ1) is 23.2. The van der Waals surface area contributed by atoms with Crippen molar-refractivity contribution >= 4 is 67.7 Å². The molecule has 0 bridgehead atoms. The SMILES string of the molecule is Cc1ccc2c(c1)P(=O)(c1c3ccccc3c(P3(=O)c4cc(C)ccc4Oc4ccc(C)cc43)c3ccccc13)c1cc(C)ccc1O2. The molecule has 0 radical (unpaired) electrons. The van der Waals surface area contributed by atoms with Crippen molar-refractivity contribution in [1.82, 2.24) is 0 Å².